The summed E-state index contributed by atoms with van der Waals surface area (Å²) in [5, 5.41) is 5.96. The Morgan fingerprint density at radius 3 is 2.48 bits per heavy atom. The number of anilines is 2. The predicted octanol–water partition coefficient (Wildman–Crippen LogP) is 2.94. The fourth-order valence-electron chi connectivity index (χ4n) is 2.37. The summed E-state index contributed by atoms with van der Waals surface area (Å²) in [6, 6.07) is 15.8. The maximum atomic E-state index is 12.3. The lowest BCUT2D eigenvalue weighted by atomic mass is 10.2. The molecule has 2 N–H and O–H groups in total. The Labute approximate surface area is 156 Å². The van der Waals surface area contributed by atoms with Crippen LogP contribution in [0.2, 0.25) is 0 Å². The number of methoxy groups -OCH3 is 1. The summed E-state index contributed by atoms with van der Waals surface area (Å²) in [5.41, 5.74) is 3.01. The van der Waals surface area contributed by atoms with Crippen molar-refractivity contribution in [2.24, 2.45) is 0 Å². The van der Waals surface area contributed by atoms with Gasteiger partial charge in [-0.05, 0) is 48.5 Å². The zero-order chi connectivity index (χ0) is 19.1. The van der Waals surface area contributed by atoms with Crippen LogP contribution in [0.15, 0.2) is 67.0 Å². The number of carbonyl (C=O) groups is 2. The molecule has 136 valence electrons. The topological polar surface area (TPSA) is 93.2 Å². The maximum Gasteiger partial charge on any atom is 0.337 e. The van der Waals surface area contributed by atoms with E-state index in [2.05, 4.69) is 25.3 Å². The molecule has 0 saturated carbocycles. The summed E-state index contributed by atoms with van der Waals surface area (Å²) in [4.78, 5) is 32.0. The number of rotatable bonds is 6. The molecule has 0 aliphatic rings. The third-order valence-electron chi connectivity index (χ3n) is 3.74. The Hall–Kier alpha value is -3.74. The molecule has 0 spiro atoms. The number of aromatic nitrogens is 2. The second-order valence-electron chi connectivity index (χ2n) is 5.63. The molecule has 3 aromatic rings. The van der Waals surface area contributed by atoms with Crippen molar-refractivity contribution in [2.45, 2.75) is 6.54 Å². The summed E-state index contributed by atoms with van der Waals surface area (Å²) in [5.74, 6) is -0.678. The minimum absolute atomic E-state index is 0.287. The molecule has 7 heteroatoms. The molecule has 0 aliphatic carbocycles. The van der Waals surface area contributed by atoms with Gasteiger partial charge in [0.15, 0.2) is 0 Å². The monoisotopic (exact) mass is 362 g/mol. The summed E-state index contributed by atoms with van der Waals surface area (Å²) in [6.07, 6.45) is 3.23. The Morgan fingerprint density at radius 2 is 1.78 bits per heavy atom. The molecule has 0 bridgehead atoms. The molecule has 0 saturated heterocycles. The van der Waals surface area contributed by atoms with Crippen LogP contribution in [0.5, 0.6) is 0 Å². The predicted molar refractivity (Wildman–Crippen MR) is 101 cm³/mol. The quantitative estimate of drug-likeness (QED) is 0.655. The SMILES string of the molecule is COC(=O)c1ccc(Nc2ccnc(C(=O)NCc3ccccn3)c2)cc1. The summed E-state index contributed by atoms with van der Waals surface area (Å²) >= 11 is 0. The molecule has 3 rings (SSSR count). The van der Waals surface area contributed by atoms with Crippen LogP contribution >= 0.6 is 0 Å². The summed E-state index contributed by atoms with van der Waals surface area (Å²) in [6.45, 7) is 0.327. The number of ether oxygens (including phenoxy) is 1. The molecule has 1 aromatic carbocycles. The number of pyridine rings is 2. The van der Waals surface area contributed by atoms with E-state index in [1.807, 2.05) is 18.2 Å². The van der Waals surface area contributed by atoms with E-state index in [1.165, 1.54) is 7.11 Å². The van der Waals surface area contributed by atoms with Gasteiger partial charge < -0.3 is 15.4 Å². The van der Waals surface area contributed by atoms with Crippen LogP contribution < -0.4 is 10.6 Å². The Morgan fingerprint density at radius 1 is 0.963 bits per heavy atom. The number of carbonyl (C=O) groups excluding carboxylic acids is 2. The van der Waals surface area contributed by atoms with Crippen molar-refractivity contribution in [3.8, 4) is 0 Å². The number of hydrogen-bond donors (Lipinski definition) is 2. The lowest BCUT2D eigenvalue weighted by Crippen LogP contribution is -2.24. The number of nitrogens with one attached hydrogen (secondary N) is 2. The second-order valence-corrected chi connectivity index (χ2v) is 5.63. The standard InChI is InChI=1S/C20H18N4O3/c1-27-20(26)14-5-7-15(8-6-14)24-16-9-11-22-18(12-16)19(25)23-13-17-4-2-3-10-21-17/h2-12H,13H2,1H3,(H,22,24)(H,23,25). The molecule has 0 unspecified atom stereocenters. The normalized spacial score (nSPS) is 10.1. The number of amides is 1. The van der Waals surface area contributed by atoms with Crippen molar-refractivity contribution in [1.29, 1.82) is 0 Å². The molecule has 2 heterocycles. The van der Waals surface area contributed by atoms with Gasteiger partial charge in [0.1, 0.15) is 5.69 Å². The molecule has 27 heavy (non-hydrogen) atoms. The van der Waals surface area contributed by atoms with Gasteiger partial charge >= 0.3 is 5.97 Å². The van der Waals surface area contributed by atoms with E-state index in [0.717, 1.165) is 11.4 Å². The zero-order valence-corrected chi connectivity index (χ0v) is 14.7. The lowest BCUT2D eigenvalue weighted by Gasteiger charge is -2.09. The van der Waals surface area contributed by atoms with Crippen LogP contribution in [-0.2, 0) is 11.3 Å². The first-order valence-electron chi connectivity index (χ1n) is 8.25. The minimum atomic E-state index is -0.391. The van der Waals surface area contributed by atoms with Crippen LogP contribution in [0, 0.1) is 0 Å². The van der Waals surface area contributed by atoms with E-state index >= 15 is 0 Å². The van der Waals surface area contributed by atoms with Crippen LogP contribution in [0.25, 0.3) is 0 Å². The minimum Gasteiger partial charge on any atom is -0.465 e. The van der Waals surface area contributed by atoms with E-state index in [1.54, 1.807) is 48.8 Å². The van der Waals surface area contributed by atoms with Gasteiger partial charge in [-0.15, -0.1) is 0 Å². The third-order valence-corrected chi connectivity index (χ3v) is 3.74. The Kier molecular flexibility index (Phi) is 5.73. The van der Waals surface area contributed by atoms with Crippen LogP contribution in [-0.4, -0.2) is 29.0 Å². The van der Waals surface area contributed by atoms with Crippen LogP contribution in [0.4, 0.5) is 11.4 Å². The van der Waals surface area contributed by atoms with Gasteiger partial charge in [-0.25, -0.2) is 4.79 Å². The largest absolute Gasteiger partial charge is 0.465 e. The number of nitrogens with zero attached hydrogens (tertiary/aromatic N) is 2. The van der Waals surface area contributed by atoms with E-state index < -0.39 is 5.97 Å². The maximum absolute atomic E-state index is 12.3. The first-order chi connectivity index (χ1) is 13.2. The summed E-state index contributed by atoms with van der Waals surface area (Å²) in [7, 11) is 1.34. The molecule has 7 nitrogen and oxygen atoms in total. The number of hydrogen-bond acceptors (Lipinski definition) is 6. The van der Waals surface area contributed by atoms with Gasteiger partial charge in [-0.3, -0.25) is 14.8 Å². The van der Waals surface area contributed by atoms with Crippen LogP contribution in [0.1, 0.15) is 26.5 Å². The van der Waals surface area contributed by atoms with Crippen molar-refractivity contribution in [1.82, 2.24) is 15.3 Å². The lowest BCUT2D eigenvalue weighted by molar-refractivity contribution is 0.0600. The van der Waals surface area contributed by atoms with E-state index in [0.29, 0.717) is 23.5 Å². The first-order valence-corrected chi connectivity index (χ1v) is 8.25. The molecule has 0 atom stereocenters. The Bertz CT molecular complexity index is 927. The average molecular weight is 362 g/mol. The van der Waals surface area contributed by atoms with Gasteiger partial charge in [0.25, 0.3) is 5.91 Å². The number of esters is 1. The highest BCUT2D eigenvalue weighted by atomic mass is 16.5. The van der Waals surface area contributed by atoms with E-state index in [-0.39, 0.29) is 5.91 Å². The van der Waals surface area contributed by atoms with Gasteiger partial charge in [0.2, 0.25) is 0 Å². The van der Waals surface area contributed by atoms with Crippen molar-refractivity contribution in [3.63, 3.8) is 0 Å². The molecule has 1 amide bonds. The number of benzene rings is 1. The highest BCUT2D eigenvalue weighted by Crippen LogP contribution is 2.18. The highest BCUT2D eigenvalue weighted by molar-refractivity contribution is 5.93. The molecule has 0 aliphatic heterocycles. The van der Waals surface area contributed by atoms with Crippen molar-refractivity contribution in [2.75, 3.05) is 12.4 Å². The van der Waals surface area contributed by atoms with Gasteiger partial charge in [0.05, 0.1) is 24.9 Å². The molecule has 0 fully saturated rings. The fraction of sp³-hybridized carbons (Fsp3) is 0.100. The molecular formula is C20H18N4O3. The van der Waals surface area contributed by atoms with Crippen molar-refractivity contribution >= 4 is 23.3 Å². The van der Waals surface area contributed by atoms with Crippen molar-refractivity contribution in [3.05, 3.63) is 83.9 Å². The zero-order valence-electron chi connectivity index (χ0n) is 14.7. The fourth-order valence-corrected chi connectivity index (χ4v) is 2.37. The van der Waals surface area contributed by atoms with Gasteiger partial charge in [0, 0.05) is 23.8 Å². The Balaban J connectivity index is 1.64. The van der Waals surface area contributed by atoms with Crippen LogP contribution in [0.3, 0.4) is 0 Å². The first kappa shape index (κ1) is 18.1. The highest BCUT2D eigenvalue weighted by Gasteiger charge is 2.09. The van der Waals surface area contributed by atoms with E-state index in [9.17, 15) is 9.59 Å². The third kappa shape index (κ3) is 4.88. The average Bonchev–Trinajstić information content (AvgIpc) is 2.73. The van der Waals surface area contributed by atoms with E-state index in [4.69, 9.17) is 0 Å². The molecular weight excluding hydrogens is 344 g/mol. The van der Waals surface area contributed by atoms with Gasteiger partial charge in [-0.1, -0.05) is 6.07 Å². The summed E-state index contributed by atoms with van der Waals surface area (Å²) < 4.78 is 4.67. The molecule has 0 radical (unpaired) electrons. The smallest absolute Gasteiger partial charge is 0.337 e. The van der Waals surface area contributed by atoms with Gasteiger partial charge in [-0.2, -0.15) is 0 Å². The van der Waals surface area contributed by atoms with Crippen molar-refractivity contribution < 1.29 is 14.3 Å². The molecule has 2 aromatic heterocycles. The second kappa shape index (κ2) is 8.57.